The molecule has 10 aromatic carbocycles. The maximum atomic E-state index is 14.5. The quantitative estimate of drug-likeness (QED) is 0.128. The fourth-order valence-electron chi connectivity index (χ4n) is 10.6. The Kier molecular flexibility index (Phi) is 13.2. The monoisotopic (exact) mass is 1190 g/mol. The van der Waals surface area contributed by atoms with Gasteiger partial charge in [0.25, 0.3) is 0 Å². The Hall–Kier alpha value is -8.90. The zero-order valence-electron chi connectivity index (χ0n) is 42.9. The molecule has 5 nitrogen and oxygen atoms in total. The van der Waals surface area contributed by atoms with E-state index in [1.165, 1.54) is 29.8 Å². The molecule has 1 aliphatic heterocycles. The van der Waals surface area contributed by atoms with E-state index in [0.29, 0.717) is 11.5 Å². The molecular formula is C70H49F2N4OPt-3. The van der Waals surface area contributed by atoms with E-state index in [0.717, 1.165) is 106 Å². The third kappa shape index (κ3) is 9.45. The van der Waals surface area contributed by atoms with E-state index in [4.69, 9.17) is 9.72 Å². The third-order valence-corrected chi connectivity index (χ3v) is 14.4. The van der Waals surface area contributed by atoms with Crippen LogP contribution in [0.3, 0.4) is 0 Å². The zero-order chi connectivity index (χ0) is 52.2. The van der Waals surface area contributed by atoms with Gasteiger partial charge in [-0.15, -0.1) is 53.6 Å². The number of anilines is 4. The van der Waals surface area contributed by atoms with Crippen LogP contribution in [-0.4, -0.2) is 9.55 Å². The standard InChI is InChI=1S/C70H49F2N4O.Pt/c1-70(2,3)54-35-36-73-68(42-54)76-64-22-11-10-19-62(64)63-34-33-58(44-67(63)76)77-59-41-53(52-38-50(46-15-6-4-7-16-46)37-51(39-52)47-17-8-5-9-18-47)40-57(43-59)74-45-75(66-24-13-12-23-65(66)74)69-60(48-25-29-55(71)30-26-48)20-14-21-61(69)49-27-31-56(72)32-28-49;/h4-42,45H,1-3H3;/q-3;. The summed E-state index contributed by atoms with van der Waals surface area (Å²) in [6, 6.07) is 83.4. The molecule has 0 saturated heterocycles. The van der Waals surface area contributed by atoms with E-state index in [2.05, 4.69) is 187 Å². The molecule has 2 aromatic heterocycles. The molecule has 0 atom stereocenters. The minimum absolute atomic E-state index is 0. The fourth-order valence-corrected chi connectivity index (χ4v) is 10.6. The van der Waals surface area contributed by atoms with Crippen LogP contribution in [0.25, 0.3) is 83.3 Å². The number of pyridine rings is 1. The van der Waals surface area contributed by atoms with Gasteiger partial charge in [-0.25, -0.2) is 13.8 Å². The topological polar surface area (TPSA) is 33.5 Å². The van der Waals surface area contributed by atoms with Crippen LogP contribution in [0.15, 0.2) is 237 Å². The molecule has 0 fully saturated rings. The molecule has 8 heteroatoms. The Morgan fingerprint density at radius 1 is 0.462 bits per heavy atom. The number of halogens is 2. The van der Waals surface area contributed by atoms with E-state index >= 15 is 0 Å². The number of nitrogens with zero attached hydrogens (tertiary/aromatic N) is 4. The van der Waals surface area contributed by atoms with Gasteiger partial charge in [0.15, 0.2) is 0 Å². The summed E-state index contributed by atoms with van der Waals surface area (Å²) in [6.07, 6.45) is 1.88. The molecule has 78 heavy (non-hydrogen) atoms. The van der Waals surface area contributed by atoms with Crippen molar-refractivity contribution in [3.8, 4) is 73.0 Å². The molecule has 382 valence electrons. The first-order valence-corrected chi connectivity index (χ1v) is 25.7. The molecule has 0 radical (unpaired) electrons. The Labute approximate surface area is 467 Å². The second-order valence-electron chi connectivity index (χ2n) is 20.4. The average molecular weight is 1200 g/mol. The van der Waals surface area contributed by atoms with Crippen molar-refractivity contribution in [2.24, 2.45) is 0 Å². The number of fused-ring (bicyclic) bond motifs is 4. The second kappa shape index (κ2) is 20.6. The van der Waals surface area contributed by atoms with E-state index in [1.807, 2.05) is 54.7 Å². The molecule has 0 bridgehead atoms. The van der Waals surface area contributed by atoms with Crippen molar-refractivity contribution < 1.29 is 34.6 Å². The van der Waals surface area contributed by atoms with Crippen LogP contribution in [0.5, 0.6) is 11.5 Å². The first-order valence-electron chi connectivity index (χ1n) is 25.7. The summed E-state index contributed by atoms with van der Waals surface area (Å²) in [5.41, 5.74) is 16.0. The Balaban J connectivity index is 0.00000609. The minimum atomic E-state index is -0.323. The number of benzene rings is 10. The number of aromatic nitrogens is 2. The van der Waals surface area contributed by atoms with Crippen molar-refractivity contribution in [2.45, 2.75) is 26.2 Å². The van der Waals surface area contributed by atoms with E-state index in [-0.39, 0.29) is 38.1 Å². The molecule has 0 amide bonds. The van der Waals surface area contributed by atoms with Crippen LogP contribution in [0.4, 0.5) is 31.5 Å². The number of rotatable bonds is 10. The summed E-state index contributed by atoms with van der Waals surface area (Å²) in [6.45, 7) is 8.71. The van der Waals surface area contributed by atoms with Crippen LogP contribution in [0.1, 0.15) is 26.3 Å². The van der Waals surface area contributed by atoms with Crippen LogP contribution >= 0.6 is 0 Å². The molecule has 1 aliphatic rings. The van der Waals surface area contributed by atoms with Crippen molar-refractivity contribution in [3.63, 3.8) is 0 Å². The van der Waals surface area contributed by atoms with Gasteiger partial charge in [-0.1, -0.05) is 160 Å². The number of para-hydroxylation sites is 4. The molecule has 3 heterocycles. The first-order chi connectivity index (χ1) is 37.6. The summed E-state index contributed by atoms with van der Waals surface area (Å²) in [5, 5.41) is 2.12. The van der Waals surface area contributed by atoms with Crippen molar-refractivity contribution >= 4 is 44.6 Å². The predicted octanol–water partition coefficient (Wildman–Crippen LogP) is 18.9. The number of ether oxygens (including phenoxy) is 1. The normalized spacial score (nSPS) is 12.2. The van der Waals surface area contributed by atoms with Crippen LogP contribution in [-0.2, 0) is 26.5 Å². The third-order valence-electron chi connectivity index (χ3n) is 14.4. The van der Waals surface area contributed by atoms with E-state index in [1.54, 1.807) is 24.3 Å². The van der Waals surface area contributed by atoms with E-state index in [9.17, 15) is 8.78 Å². The van der Waals surface area contributed by atoms with Crippen molar-refractivity contribution in [1.82, 2.24) is 9.55 Å². The minimum Gasteiger partial charge on any atom is -0.509 e. The number of hydrogen-bond acceptors (Lipinski definition) is 4. The van der Waals surface area contributed by atoms with Crippen LogP contribution in [0, 0.1) is 30.4 Å². The van der Waals surface area contributed by atoms with Gasteiger partial charge >= 0.3 is 0 Å². The summed E-state index contributed by atoms with van der Waals surface area (Å²) >= 11 is 0. The molecule has 0 spiro atoms. The second-order valence-corrected chi connectivity index (χ2v) is 20.4. The first kappa shape index (κ1) is 49.9. The average Bonchev–Trinajstić information content (AvgIpc) is 4.22. The largest absolute Gasteiger partial charge is 0.509 e. The molecule has 0 saturated carbocycles. The summed E-state index contributed by atoms with van der Waals surface area (Å²) in [4.78, 5) is 9.22. The maximum absolute atomic E-state index is 14.5. The number of hydrogen-bond donors (Lipinski definition) is 0. The van der Waals surface area contributed by atoms with Gasteiger partial charge in [0.05, 0.1) is 0 Å². The van der Waals surface area contributed by atoms with Crippen LogP contribution in [0.2, 0.25) is 0 Å². The summed E-state index contributed by atoms with van der Waals surface area (Å²) < 4.78 is 38.3. The van der Waals surface area contributed by atoms with E-state index < -0.39 is 0 Å². The summed E-state index contributed by atoms with van der Waals surface area (Å²) in [5.74, 6) is 1.15. The van der Waals surface area contributed by atoms with Crippen molar-refractivity contribution in [1.29, 1.82) is 0 Å². The SMILES string of the molecule is CC(C)(C)c1ccnc(-n2c3[c-]c(Oc4[c-]c(N5[CH-]N(c6c(-c7ccc(F)cc7)cccc6-c6ccc(F)cc6)c6ccccc65)cc(-c5cc(-c6ccccc6)cc(-c6ccccc6)c5)c4)ccc3c3ccccc32)c1.[Pt]. The summed E-state index contributed by atoms with van der Waals surface area (Å²) in [7, 11) is 0. The maximum Gasteiger partial charge on any atom is 0.135 e. The van der Waals surface area contributed by atoms with Crippen molar-refractivity contribution in [3.05, 3.63) is 273 Å². The Morgan fingerprint density at radius 2 is 1.01 bits per heavy atom. The zero-order valence-corrected chi connectivity index (χ0v) is 45.1. The Bertz CT molecular complexity index is 4050. The smallest absolute Gasteiger partial charge is 0.135 e. The molecule has 0 unspecified atom stereocenters. The molecule has 12 aromatic rings. The Morgan fingerprint density at radius 3 is 1.63 bits per heavy atom. The van der Waals surface area contributed by atoms with Gasteiger partial charge in [-0.3, -0.25) is 0 Å². The van der Waals surface area contributed by atoms with Gasteiger partial charge in [0.2, 0.25) is 0 Å². The molecular weight excluding hydrogens is 1150 g/mol. The van der Waals surface area contributed by atoms with Gasteiger partial charge in [0.1, 0.15) is 17.5 Å². The van der Waals surface area contributed by atoms with Gasteiger partial charge < -0.3 is 19.1 Å². The molecule has 13 rings (SSSR count). The fraction of sp³-hybridized carbons (Fsp3) is 0.0571. The van der Waals surface area contributed by atoms with Gasteiger partial charge in [0, 0.05) is 72.5 Å². The van der Waals surface area contributed by atoms with Gasteiger partial charge in [-0.05, 0) is 128 Å². The molecule has 0 aliphatic carbocycles. The van der Waals surface area contributed by atoms with Gasteiger partial charge in [-0.2, -0.15) is 6.07 Å². The van der Waals surface area contributed by atoms with Crippen LogP contribution < -0.4 is 14.5 Å². The molecule has 0 N–H and O–H groups in total. The predicted molar refractivity (Wildman–Crippen MR) is 310 cm³/mol. The van der Waals surface area contributed by atoms with Crippen molar-refractivity contribution in [2.75, 3.05) is 9.80 Å².